The summed E-state index contributed by atoms with van der Waals surface area (Å²) in [5.74, 6) is 1.58. The first-order valence-corrected chi connectivity index (χ1v) is 8.26. The average molecular weight is 273 g/mol. The molecule has 0 amide bonds. The Morgan fingerprint density at radius 1 is 1.10 bits per heavy atom. The lowest BCUT2D eigenvalue weighted by molar-refractivity contribution is 0.121. The van der Waals surface area contributed by atoms with E-state index in [-0.39, 0.29) is 0 Å². The fourth-order valence-electron chi connectivity index (χ4n) is 3.62. The van der Waals surface area contributed by atoms with E-state index >= 15 is 0 Å². The van der Waals surface area contributed by atoms with Crippen molar-refractivity contribution in [1.82, 2.24) is 0 Å². The second-order valence-corrected chi connectivity index (χ2v) is 7.68. The smallest absolute Gasteiger partial charge is 0.00673 e. The van der Waals surface area contributed by atoms with Crippen LogP contribution >= 0.6 is 0 Å². The van der Waals surface area contributed by atoms with Crippen LogP contribution in [0.4, 0.5) is 0 Å². The van der Waals surface area contributed by atoms with Crippen molar-refractivity contribution >= 4 is 0 Å². The molecule has 1 fully saturated rings. The zero-order valence-corrected chi connectivity index (χ0v) is 13.4. The second kappa shape index (κ2) is 6.76. The van der Waals surface area contributed by atoms with Gasteiger partial charge in [-0.25, -0.2) is 0 Å². The van der Waals surface area contributed by atoms with Gasteiger partial charge in [0.15, 0.2) is 0 Å². The Balaban J connectivity index is 1.81. The van der Waals surface area contributed by atoms with Gasteiger partial charge in [0.05, 0.1) is 0 Å². The topological polar surface area (TPSA) is 26.0 Å². The van der Waals surface area contributed by atoms with Gasteiger partial charge in [0, 0.05) is 6.04 Å². The summed E-state index contributed by atoms with van der Waals surface area (Å²) in [6, 6.07) is 11.3. The number of benzene rings is 1. The van der Waals surface area contributed by atoms with Crippen LogP contribution in [0.15, 0.2) is 30.3 Å². The first kappa shape index (κ1) is 15.6. The van der Waals surface area contributed by atoms with Crippen molar-refractivity contribution in [2.45, 2.75) is 65.3 Å². The van der Waals surface area contributed by atoms with E-state index in [2.05, 4.69) is 51.1 Å². The maximum absolute atomic E-state index is 6.36. The molecule has 3 atom stereocenters. The van der Waals surface area contributed by atoms with Gasteiger partial charge < -0.3 is 5.73 Å². The highest BCUT2D eigenvalue weighted by atomic mass is 14.7. The van der Waals surface area contributed by atoms with Crippen LogP contribution < -0.4 is 5.73 Å². The zero-order chi connectivity index (χ0) is 14.6. The van der Waals surface area contributed by atoms with Gasteiger partial charge in [0.2, 0.25) is 0 Å². The Kier molecular flexibility index (Phi) is 5.26. The molecule has 3 unspecified atom stereocenters. The van der Waals surface area contributed by atoms with Gasteiger partial charge in [-0.05, 0) is 61.3 Å². The van der Waals surface area contributed by atoms with Gasteiger partial charge in [-0.1, -0.05) is 51.1 Å². The van der Waals surface area contributed by atoms with Crippen molar-refractivity contribution in [3.05, 3.63) is 35.9 Å². The monoisotopic (exact) mass is 273 g/mol. The van der Waals surface area contributed by atoms with Crippen LogP contribution in [0.5, 0.6) is 0 Å². The standard InChI is InChI=1S/C19H31N/c1-19(2,3)17-12-13-18(20)16(14-17)11-7-10-15-8-5-4-6-9-15/h4-6,8-9,16-18H,7,10-14,20H2,1-3H3. The fourth-order valence-corrected chi connectivity index (χ4v) is 3.62. The van der Waals surface area contributed by atoms with Crippen molar-refractivity contribution in [2.75, 3.05) is 0 Å². The molecule has 1 aliphatic carbocycles. The van der Waals surface area contributed by atoms with E-state index in [4.69, 9.17) is 5.73 Å². The second-order valence-electron chi connectivity index (χ2n) is 7.68. The van der Waals surface area contributed by atoms with Crippen molar-refractivity contribution in [3.8, 4) is 0 Å². The number of nitrogens with two attached hydrogens (primary N) is 1. The minimum absolute atomic E-state index is 0.435. The SMILES string of the molecule is CC(C)(C)C1CCC(N)C(CCCc2ccccc2)C1. The molecule has 1 heteroatoms. The summed E-state index contributed by atoms with van der Waals surface area (Å²) in [4.78, 5) is 0. The first-order chi connectivity index (χ1) is 9.47. The lowest BCUT2D eigenvalue weighted by Crippen LogP contribution is -2.39. The molecule has 0 radical (unpaired) electrons. The van der Waals surface area contributed by atoms with Crippen molar-refractivity contribution in [3.63, 3.8) is 0 Å². The first-order valence-electron chi connectivity index (χ1n) is 8.26. The van der Waals surface area contributed by atoms with Crippen LogP contribution in [-0.2, 0) is 6.42 Å². The lowest BCUT2D eigenvalue weighted by atomic mass is 9.67. The molecule has 20 heavy (non-hydrogen) atoms. The molecule has 0 aromatic heterocycles. The fraction of sp³-hybridized carbons (Fsp3) is 0.684. The van der Waals surface area contributed by atoms with Gasteiger partial charge in [-0.3, -0.25) is 0 Å². The number of rotatable bonds is 4. The number of hydrogen-bond acceptors (Lipinski definition) is 1. The number of aryl methyl sites for hydroxylation is 1. The third kappa shape index (κ3) is 4.34. The summed E-state index contributed by atoms with van der Waals surface area (Å²) in [6.45, 7) is 7.15. The van der Waals surface area contributed by atoms with Crippen LogP contribution in [0.3, 0.4) is 0 Å². The summed E-state index contributed by atoms with van der Waals surface area (Å²) >= 11 is 0. The third-order valence-corrected chi connectivity index (χ3v) is 5.15. The zero-order valence-electron chi connectivity index (χ0n) is 13.4. The van der Waals surface area contributed by atoms with Gasteiger partial charge in [0.1, 0.15) is 0 Å². The summed E-state index contributed by atoms with van der Waals surface area (Å²) in [7, 11) is 0. The molecule has 1 aromatic rings. The lowest BCUT2D eigenvalue weighted by Gasteiger charge is -2.40. The van der Waals surface area contributed by atoms with E-state index < -0.39 is 0 Å². The number of hydrogen-bond donors (Lipinski definition) is 1. The van der Waals surface area contributed by atoms with Crippen LogP contribution in [-0.4, -0.2) is 6.04 Å². The predicted molar refractivity (Wildman–Crippen MR) is 87.6 cm³/mol. The molecule has 2 rings (SSSR count). The van der Waals surface area contributed by atoms with Gasteiger partial charge in [0.25, 0.3) is 0 Å². The largest absolute Gasteiger partial charge is 0.327 e. The molecular weight excluding hydrogens is 242 g/mol. The van der Waals surface area contributed by atoms with E-state index in [0.29, 0.717) is 11.5 Å². The van der Waals surface area contributed by atoms with Crippen LogP contribution in [0.2, 0.25) is 0 Å². The Morgan fingerprint density at radius 2 is 1.80 bits per heavy atom. The van der Waals surface area contributed by atoms with E-state index in [1.54, 1.807) is 0 Å². The third-order valence-electron chi connectivity index (χ3n) is 5.15. The highest BCUT2D eigenvalue weighted by Crippen LogP contribution is 2.41. The van der Waals surface area contributed by atoms with Crippen molar-refractivity contribution < 1.29 is 0 Å². The highest BCUT2D eigenvalue weighted by molar-refractivity contribution is 5.14. The summed E-state index contributed by atoms with van der Waals surface area (Å²) in [5, 5.41) is 0. The van der Waals surface area contributed by atoms with Crippen LogP contribution in [0, 0.1) is 17.3 Å². The van der Waals surface area contributed by atoms with Gasteiger partial charge in [-0.2, -0.15) is 0 Å². The molecular formula is C19H31N. The summed E-state index contributed by atoms with van der Waals surface area (Å²) in [6.07, 6.45) is 7.64. The molecule has 0 heterocycles. The normalized spacial score (nSPS) is 27.5. The molecule has 1 aliphatic rings. The Morgan fingerprint density at radius 3 is 2.45 bits per heavy atom. The Labute approximate surface area is 125 Å². The van der Waals surface area contributed by atoms with E-state index in [0.717, 1.165) is 11.8 Å². The Hall–Kier alpha value is -0.820. The van der Waals surface area contributed by atoms with Crippen molar-refractivity contribution in [1.29, 1.82) is 0 Å². The highest BCUT2D eigenvalue weighted by Gasteiger charge is 2.33. The van der Waals surface area contributed by atoms with Crippen molar-refractivity contribution in [2.24, 2.45) is 23.0 Å². The molecule has 1 aromatic carbocycles. The molecule has 1 nitrogen and oxygen atoms in total. The molecule has 0 bridgehead atoms. The predicted octanol–water partition coefficient (Wildman–Crippen LogP) is 4.80. The van der Waals surface area contributed by atoms with Gasteiger partial charge >= 0.3 is 0 Å². The van der Waals surface area contributed by atoms with E-state index in [9.17, 15) is 0 Å². The quantitative estimate of drug-likeness (QED) is 0.838. The molecule has 0 saturated heterocycles. The molecule has 1 saturated carbocycles. The molecule has 0 aliphatic heterocycles. The minimum Gasteiger partial charge on any atom is -0.327 e. The summed E-state index contributed by atoms with van der Waals surface area (Å²) in [5.41, 5.74) is 8.27. The van der Waals surface area contributed by atoms with E-state index in [1.165, 1.54) is 44.1 Å². The summed E-state index contributed by atoms with van der Waals surface area (Å²) < 4.78 is 0. The maximum atomic E-state index is 6.36. The van der Waals surface area contributed by atoms with Crippen LogP contribution in [0.1, 0.15) is 58.4 Å². The average Bonchev–Trinajstić information content (AvgIpc) is 2.41. The molecule has 0 spiro atoms. The van der Waals surface area contributed by atoms with Gasteiger partial charge in [-0.15, -0.1) is 0 Å². The van der Waals surface area contributed by atoms with E-state index in [1.807, 2.05) is 0 Å². The Bertz CT molecular complexity index is 390. The van der Waals surface area contributed by atoms with Crippen LogP contribution in [0.25, 0.3) is 0 Å². The minimum atomic E-state index is 0.435. The maximum Gasteiger partial charge on any atom is 0.00673 e. The molecule has 112 valence electrons. The molecule has 2 N–H and O–H groups in total.